The number of aliphatic hydroxyl groups excluding tert-OH is 2. The highest BCUT2D eigenvalue weighted by Crippen LogP contribution is 2.37. The maximum absolute atomic E-state index is 10.3. The lowest BCUT2D eigenvalue weighted by Gasteiger charge is -2.45. The van der Waals surface area contributed by atoms with Crippen LogP contribution in [-0.2, 0) is 4.74 Å². The average Bonchev–Trinajstić information content (AvgIpc) is 2.88. The first-order chi connectivity index (χ1) is 9.61. The molecule has 0 spiro atoms. The van der Waals surface area contributed by atoms with Crippen LogP contribution in [0.1, 0.15) is 24.3 Å². The molecule has 20 heavy (non-hydrogen) atoms. The first-order valence-corrected chi connectivity index (χ1v) is 7.76. The Morgan fingerprint density at radius 2 is 2.30 bits per heavy atom. The minimum Gasteiger partial charge on any atom is -0.396 e. The zero-order chi connectivity index (χ0) is 14.6. The van der Waals surface area contributed by atoms with Crippen LogP contribution in [0, 0.1) is 12.3 Å². The number of piperidine rings is 1. The number of methoxy groups -OCH3 is 1. The van der Waals surface area contributed by atoms with Crippen molar-refractivity contribution >= 4 is 16.5 Å². The van der Waals surface area contributed by atoms with E-state index in [0.717, 1.165) is 29.5 Å². The number of hydrogen-bond donors (Lipinski definition) is 2. The van der Waals surface area contributed by atoms with E-state index in [4.69, 9.17) is 4.74 Å². The van der Waals surface area contributed by atoms with Crippen LogP contribution in [0.2, 0.25) is 0 Å². The largest absolute Gasteiger partial charge is 0.396 e. The van der Waals surface area contributed by atoms with E-state index in [-0.39, 0.29) is 6.61 Å². The van der Waals surface area contributed by atoms with Gasteiger partial charge in [0.15, 0.2) is 0 Å². The van der Waals surface area contributed by atoms with Gasteiger partial charge in [0.1, 0.15) is 5.01 Å². The lowest BCUT2D eigenvalue weighted by atomic mass is 9.74. The van der Waals surface area contributed by atoms with E-state index in [9.17, 15) is 10.2 Å². The molecule has 2 heterocycles. The molecule has 1 fully saturated rings. The predicted octanol–water partition coefficient (Wildman–Crippen LogP) is 0.823. The highest BCUT2D eigenvalue weighted by atomic mass is 32.1. The van der Waals surface area contributed by atoms with E-state index in [1.807, 2.05) is 6.92 Å². The van der Waals surface area contributed by atoms with Crippen LogP contribution < -0.4 is 4.90 Å². The van der Waals surface area contributed by atoms with Crippen molar-refractivity contribution in [2.24, 2.45) is 5.41 Å². The lowest BCUT2D eigenvalue weighted by molar-refractivity contribution is -0.0387. The summed E-state index contributed by atoms with van der Waals surface area (Å²) in [5.74, 6) is 0. The van der Waals surface area contributed by atoms with Gasteiger partial charge in [0.2, 0.25) is 5.13 Å². The molecule has 114 valence electrons. The summed E-state index contributed by atoms with van der Waals surface area (Å²) in [6.45, 7) is 3.92. The number of hydrogen-bond acceptors (Lipinski definition) is 7. The first kappa shape index (κ1) is 15.6. The molecule has 7 heteroatoms. The molecule has 1 saturated heterocycles. The van der Waals surface area contributed by atoms with Crippen LogP contribution in [0.3, 0.4) is 0 Å². The highest BCUT2D eigenvalue weighted by Gasteiger charge is 2.42. The molecule has 1 aliphatic rings. The Morgan fingerprint density at radius 1 is 1.50 bits per heavy atom. The summed E-state index contributed by atoms with van der Waals surface area (Å²) >= 11 is 1.55. The number of ether oxygens (including phenoxy) is 1. The molecule has 2 N–H and O–H groups in total. The molecular weight excluding hydrogens is 278 g/mol. The number of aryl methyl sites for hydroxylation is 1. The molecular formula is C13H23N3O3S. The van der Waals surface area contributed by atoms with Gasteiger partial charge in [-0.25, -0.2) is 0 Å². The quantitative estimate of drug-likeness (QED) is 0.758. The van der Waals surface area contributed by atoms with Gasteiger partial charge in [-0.2, -0.15) is 0 Å². The van der Waals surface area contributed by atoms with Crippen molar-refractivity contribution in [2.45, 2.75) is 32.3 Å². The van der Waals surface area contributed by atoms with Gasteiger partial charge in [-0.05, 0) is 26.2 Å². The maximum atomic E-state index is 10.3. The summed E-state index contributed by atoms with van der Waals surface area (Å²) in [5.41, 5.74) is -0.490. The molecule has 0 amide bonds. The van der Waals surface area contributed by atoms with Gasteiger partial charge >= 0.3 is 0 Å². The smallest absolute Gasteiger partial charge is 0.208 e. The van der Waals surface area contributed by atoms with E-state index in [2.05, 4.69) is 15.1 Å². The third-order valence-corrected chi connectivity index (χ3v) is 4.91. The summed E-state index contributed by atoms with van der Waals surface area (Å²) in [6, 6.07) is 0. The second kappa shape index (κ2) is 6.80. The highest BCUT2D eigenvalue weighted by molar-refractivity contribution is 7.15. The Bertz CT molecular complexity index is 429. The molecule has 0 unspecified atom stereocenters. The van der Waals surface area contributed by atoms with Gasteiger partial charge in [-0.1, -0.05) is 11.3 Å². The Morgan fingerprint density at radius 3 is 2.90 bits per heavy atom. The predicted molar refractivity (Wildman–Crippen MR) is 78.1 cm³/mol. The zero-order valence-corrected chi connectivity index (χ0v) is 12.9. The molecule has 0 saturated carbocycles. The number of anilines is 1. The number of aliphatic hydroxyl groups is 2. The van der Waals surface area contributed by atoms with E-state index in [1.165, 1.54) is 0 Å². The van der Waals surface area contributed by atoms with E-state index in [1.54, 1.807) is 18.4 Å². The van der Waals surface area contributed by atoms with Crippen molar-refractivity contribution in [3.63, 3.8) is 0 Å². The van der Waals surface area contributed by atoms with Crippen LogP contribution in [-0.4, -0.2) is 59.9 Å². The standard InChI is InChI=1S/C13H23N3O3S/c1-10-14-15-12(20-10)16-6-4-11(18)13(8-16,9-17)5-3-7-19-2/h11,17-18H,3-9H2,1-2H3/t11-,13+/m1/s1. The van der Waals surface area contributed by atoms with Crippen molar-refractivity contribution in [1.82, 2.24) is 10.2 Å². The molecule has 0 radical (unpaired) electrons. The summed E-state index contributed by atoms with van der Waals surface area (Å²) in [5, 5.41) is 30.2. The Balaban J connectivity index is 2.09. The van der Waals surface area contributed by atoms with Gasteiger partial charge in [0.25, 0.3) is 0 Å². The molecule has 1 aromatic rings. The van der Waals surface area contributed by atoms with Crippen LogP contribution in [0.5, 0.6) is 0 Å². The van der Waals surface area contributed by atoms with E-state index < -0.39 is 11.5 Å². The van der Waals surface area contributed by atoms with Crippen molar-refractivity contribution in [1.29, 1.82) is 0 Å². The molecule has 1 aromatic heterocycles. The van der Waals surface area contributed by atoms with Crippen molar-refractivity contribution in [3.05, 3.63) is 5.01 Å². The van der Waals surface area contributed by atoms with Crippen molar-refractivity contribution < 1.29 is 14.9 Å². The number of rotatable bonds is 6. The average molecular weight is 301 g/mol. The fraction of sp³-hybridized carbons (Fsp3) is 0.846. The number of aromatic nitrogens is 2. The number of nitrogens with zero attached hydrogens (tertiary/aromatic N) is 3. The molecule has 2 atom stereocenters. The zero-order valence-electron chi connectivity index (χ0n) is 12.1. The molecule has 2 rings (SSSR count). The monoisotopic (exact) mass is 301 g/mol. The summed E-state index contributed by atoms with van der Waals surface area (Å²) in [7, 11) is 1.67. The fourth-order valence-corrected chi connectivity index (χ4v) is 3.49. The van der Waals surface area contributed by atoms with Crippen molar-refractivity contribution in [3.8, 4) is 0 Å². The minimum absolute atomic E-state index is 0.0217. The Kier molecular flexibility index (Phi) is 5.31. The van der Waals surface area contributed by atoms with Crippen LogP contribution >= 0.6 is 11.3 Å². The fourth-order valence-electron chi connectivity index (χ4n) is 2.77. The van der Waals surface area contributed by atoms with Gasteiger partial charge in [-0.3, -0.25) is 0 Å². The van der Waals surface area contributed by atoms with E-state index >= 15 is 0 Å². The molecule has 0 bridgehead atoms. The minimum atomic E-state index is -0.490. The van der Waals surface area contributed by atoms with Crippen LogP contribution in [0.25, 0.3) is 0 Å². The Hall–Kier alpha value is -0.760. The topological polar surface area (TPSA) is 78.7 Å². The normalized spacial score (nSPS) is 27.0. The van der Waals surface area contributed by atoms with Gasteiger partial charge < -0.3 is 19.8 Å². The van der Waals surface area contributed by atoms with Crippen molar-refractivity contribution in [2.75, 3.05) is 38.3 Å². The van der Waals surface area contributed by atoms with Gasteiger partial charge in [0, 0.05) is 32.2 Å². The summed E-state index contributed by atoms with van der Waals surface area (Å²) in [6.07, 6.45) is 1.74. The van der Waals surface area contributed by atoms with E-state index in [0.29, 0.717) is 19.6 Å². The SMILES string of the molecule is COCCC[C@@]1(CO)CN(c2nnc(C)s2)CC[C@H]1O. The van der Waals surface area contributed by atoms with Crippen LogP contribution in [0.15, 0.2) is 0 Å². The maximum Gasteiger partial charge on any atom is 0.208 e. The van der Waals surface area contributed by atoms with Crippen LogP contribution in [0.4, 0.5) is 5.13 Å². The second-order valence-electron chi connectivity index (χ2n) is 5.45. The summed E-state index contributed by atoms with van der Waals surface area (Å²) in [4.78, 5) is 2.13. The first-order valence-electron chi connectivity index (χ1n) is 6.94. The molecule has 1 aliphatic heterocycles. The second-order valence-corrected chi connectivity index (χ2v) is 6.61. The Labute approximate surface area is 123 Å². The molecule has 0 aromatic carbocycles. The third kappa shape index (κ3) is 3.28. The van der Waals surface area contributed by atoms with Gasteiger partial charge in [-0.15, -0.1) is 10.2 Å². The summed E-state index contributed by atoms with van der Waals surface area (Å²) < 4.78 is 5.08. The lowest BCUT2D eigenvalue weighted by Crippen LogP contribution is -2.54. The third-order valence-electron chi connectivity index (χ3n) is 4.01. The molecule has 0 aliphatic carbocycles. The van der Waals surface area contributed by atoms with Gasteiger partial charge in [0.05, 0.1) is 12.7 Å². The molecule has 6 nitrogen and oxygen atoms in total.